The van der Waals surface area contributed by atoms with E-state index in [0.717, 1.165) is 10.1 Å². The highest BCUT2D eigenvalue weighted by Crippen LogP contribution is 2.25. The summed E-state index contributed by atoms with van der Waals surface area (Å²) in [6.07, 6.45) is 6.00. The molecule has 3 aromatic heterocycles. The summed E-state index contributed by atoms with van der Waals surface area (Å²) in [6.45, 7) is -2.59. The van der Waals surface area contributed by atoms with Crippen LogP contribution in [-0.4, -0.2) is 29.3 Å². The predicted octanol–water partition coefficient (Wildman–Crippen LogP) is 2.76. The minimum atomic E-state index is -2.59. The number of aromatic nitrogens is 6. The van der Waals surface area contributed by atoms with E-state index in [1.54, 1.807) is 17.0 Å². The summed E-state index contributed by atoms with van der Waals surface area (Å²) in [6, 6.07) is 3.70. The first-order valence-electron chi connectivity index (χ1n) is 6.39. The number of nitrogens with zero attached hydrogens (tertiary/aromatic N) is 6. The Balaban J connectivity index is 1.77. The third-order valence-corrected chi connectivity index (χ3v) is 4.06. The van der Waals surface area contributed by atoms with Gasteiger partial charge in [-0.1, -0.05) is 11.8 Å². The fourth-order valence-electron chi connectivity index (χ4n) is 1.95. The highest BCUT2D eigenvalue weighted by molar-refractivity contribution is 7.98. The Morgan fingerprint density at radius 3 is 2.86 bits per heavy atom. The fourth-order valence-corrected chi connectivity index (χ4v) is 2.81. The zero-order chi connectivity index (χ0) is 15.5. The van der Waals surface area contributed by atoms with Gasteiger partial charge in [0.2, 0.25) is 0 Å². The van der Waals surface area contributed by atoms with Gasteiger partial charge < -0.3 is 4.57 Å². The van der Waals surface area contributed by atoms with Crippen molar-refractivity contribution in [2.45, 2.75) is 17.5 Å². The van der Waals surface area contributed by atoms with Crippen LogP contribution in [0.3, 0.4) is 0 Å². The first kappa shape index (κ1) is 14.6. The number of halogens is 2. The van der Waals surface area contributed by atoms with Crippen LogP contribution >= 0.6 is 11.8 Å². The van der Waals surface area contributed by atoms with E-state index in [1.807, 2.05) is 19.2 Å². The van der Waals surface area contributed by atoms with Crippen molar-refractivity contribution in [1.29, 1.82) is 0 Å². The number of pyridine rings is 1. The van der Waals surface area contributed by atoms with Gasteiger partial charge in [0.15, 0.2) is 11.0 Å². The largest absolute Gasteiger partial charge is 0.319 e. The summed E-state index contributed by atoms with van der Waals surface area (Å²) in [4.78, 5) is 7.99. The van der Waals surface area contributed by atoms with E-state index in [9.17, 15) is 8.78 Å². The lowest BCUT2D eigenvalue weighted by Crippen LogP contribution is -2.03. The van der Waals surface area contributed by atoms with Crippen LogP contribution in [0.2, 0.25) is 0 Å². The van der Waals surface area contributed by atoms with E-state index < -0.39 is 6.55 Å². The summed E-state index contributed by atoms with van der Waals surface area (Å²) >= 11 is 1.30. The van der Waals surface area contributed by atoms with Crippen molar-refractivity contribution in [3.05, 3.63) is 42.7 Å². The number of thioether (sulfide) groups is 1. The Hall–Kier alpha value is -2.29. The molecule has 0 aliphatic heterocycles. The van der Waals surface area contributed by atoms with Gasteiger partial charge in [0.05, 0.1) is 5.75 Å². The Bertz CT molecular complexity index is 755. The zero-order valence-electron chi connectivity index (χ0n) is 11.6. The molecule has 6 nitrogen and oxygen atoms in total. The van der Waals surface area contributed by atoms with E-state index in [1.165, 1.54) is 24.2 Å². The molecule has 0 aliphatic carbocycles. The monoisotopic (exact) mass is 322 g/mol. The molecule has 0 bridgehead atoms. The van der Waals surface area contributed by atoms with Crippen molar-refractivity contribution in [2.75, 3.05) is 0 Å². The van der Waals surface area contributed by atoms with Crippen LogP contribution in [0.4, 0.5) is 8.78 Å². The van der Waals surface area contributed by atoms with Crippen molar-refractivity contribution < 1.29 is 8.78 Å². The van der Waals surface area contributed by atoms with Crippen molar-refractivity contribution in [1.82, 2.24) is 29.3 Å². The van der Waals surface area contributed by atoms with Gasteiger partial charge in [-0.15, -0.1) is 10.2 Å². The minimum absolute atomic E-state index is 0.288. The molecule has 9 heteroatoms. The molecule has 0 aromatic carbocycles. The highest BCUT2D eigenvalue weighted by Gasteiger charge is 2.15. The molecule has 0 saturated heterocycles. The van der Waals surface area contributed by atoms with Gasteiger partial charge in [-0.25, -0.2) is 4.98 Å². The molecule has 0 saturated carbocycles. The molecule has 0 N–H and O–H groups in total. The fraction of sp³-hybridized carbons (Fsp3) is 0.231. The van der Waals surface area contributed by atoms with E-state index in [2.05, 4.69) is 20.2 Å². The van der Waals surface area contributed by atoms with Crippen LogP contribution in [0.1, 0.15) is 12.4 Å². The predicted molar refractivity (Wildman–Crippen MR) is 77.3 cm³/mol. The maximum atomic E-state index is 12.8. The average Bonchev–Trinajstić information content (AvgIpc) is 3.13. The summed E-state index contributed by atoms with van der Waals surface area (Å²) < 4.78 is 28.2. The van der Waals surface area contributed by atoms with Crippen LogP contribution in [-0.2, 0) is 12.8 Å². The average molecular weight is 322 g/mol. The van der Waals surface area contributed by atoms with Crippen molar-refractivity contribution in [2.24, 2.45) is 7.05 Å². The molecule has 0 spiro atoms. The summed E-state index contributed by atoms with van der Waals surface area (Å²) in [5, 5.41) is 8.84. The van der Waals surface area contributed by atoms with E-state index in [4.69, 9.17) is 0 Å². The summed E-state index contributed by atoms with van der Waals surface area (Å²) in [5.41, 5.74) is 0.846. The van der Waals surface area contributed by atoms with Crippen LogP contribution in [0.5, 0.6) is 0 Å². The Morgan fingerprint density at radius 1 is 1.27 bits per heavy atom. The van der Waals surface area contributed by atoms with E-state index in [-0.39, 0.29) is 5.75 Å². The number of imidazole rings is 1. The van der Waals surface area contributed by atoms with Gasteiger partial charge in [0.1, 0.15) is 5.82 Å². The summed E-state index contributed by atoms with van der Waals surface area (Å²) in [5.74, 6) is 1.26. The second-order valence-electron chi connectivity index (χ2n) is 4.42. The zero-order valence-corrected chi connectivity index (χ0v) is 12.4. The molecular formula is C13H12F2N6S. The van der Waals surface area contributed by atoms with Gasteiger partial charge in [-0.2, -0.15) is 8.78 Å². The lowest BCUT2D eigenvalue weighted by molar-refractivity contribution is 0.0678. The maximum absolute atomic E-state index is 12.8. The number of rotatable bonds is 5. The molecule has 0 aliphatic rings. The SMILES string of the molecule is Cn1c(SCc2nccn2C(F)F)nnc1-c1cccnc1. The molecule has 22 heavy (non-hydrogen) atoms. The quantitative estimate of drug-likeness (QED) is 0.676. The Kier molecular flexibility index (Phi) is 4.14. The van der Waals surface area contributed by atoms with Gasteiger partial charge in [0, 0.05) is 37.4 Å². The molecule has 0 fully saturated rings. The molecule has 0 atom stereocenters. The van der Waals surface area contributed by atoms with Crippen LogP contribution in [0.25, 0.3) is 11.4 Å². The first-order chi connectivity index (χ1) is 10.7. The van der Waals surface area contributed by atoms with E-state index >= 15 is 0 Å². The van der Waals surface area contributed by atoms with Crippen LogP contribution < -0.4 is 0 Å². The molecule has 114 valence electrons. The third kappa shape index (κ3) is 2.84. The second-order valence-corrected chi connectivity index (χ2v) is 5.37. The number of hydrogen-bond acceptors (Lipinski definition) is 5. The smallest absolute Gasteiger partial charge is 0.305 e. The Labute approximate surface area is 129 Å². The van der Waals surface area contributed by atoms with Gasteiger partial charge in [-0.3, -0.25) is 9.55 Å². The molecule has 0 unspecified atom stereocenters. The van der Waals surface area contributed by atoms with E-state index in [0.29, 0.717) is 16.8 Å². The lowest BCUT2D eigenvalue weighted by Gasteiger charge is -2.06. The van der Waals surface area contributed by atoms with Gasteiger partial charge in [0.25, 0.3) is 0 Å². The minimum Gasteiger partial charge on any atom is -0.305 e. The van der Waals surface area contributed by atoms with Crippen LogP contribution in [0.15, 0.2) is 42.1 Å². The second kappa shape index (κ2) is 6.22. The number of alkyl halides is 2. The molecule has 3 heterocycles. The standard InChI is InChI=1S/C13H12F2N6S/c1-20-11(9-3-2-4-16-7-9)18-19-13(20)22-8-10-17-5-6-21(10)12(14)15/h2-7,12H,8H2,1H3. The van der Waals surface area contributed by atoms with Gasteiger partial charge in [-0.05, 0) is 12.1 Å². The number of hydrogen-bond donors (Lipinski definition) is 0. The topological polar surface area (TPSA) is 61.4 Å². The lowest BCUT2D eigenvalue weighted by atomic mass is 10.3. The van der Waals surface area contributed by atoms with Crippen LogP contribution in [0, 0.1) is 0 Å². The third-order valence-electron chi connectivity index (χ3n) is 3.04. The maximum Gasteiger partial charge on any atom is 0.319 e. The van der Waals surface area contributed by atoms with Crippen molar-refractivity contribution in [3.63, 3.8) is 0 Å². The molecule has 3 aromatic rings. The Morgan fingerprint density at radius 2 is 2.14 bits per heavy atom. The molecule has 0 amide bonds. The van der Waals surface area contributed by atoms with Crippen molar-refractivity contribution in [3.8, 4) is 11.4 Å². The normalized spacial score (nSPS) is 11.3. The van der Waals surface area contributed by atoms with Crippen molar-refractivity contribution >= 4 is 11.8 Å². The first-order valence-corrected chi connectivity index (χ1v) is 7.38. The van der Waals surface area contributed by atoms with Gasteiger partial charge >= 0.3 is 6.55 Å². The molecule has 3 rings (SSSR count). The molecular weight excluding hydrogens is 310 g/mol. The summed E-state index contributed by atoms with van der Waals surface area (Å²) in [7, 11) is 1.82. The highest BCUT2D eigenvalue weighted by atomic mass is 32.2. The molecule has 0 radical (unpaired) electrons.